The normalized spacial score (nSPS) is 15.3. The molecule has 0 bridgehead atoms. The molecular formula is C24H26N4O3. The second-order valence-corrected chi connectivity index (χ2v) is 8.07. The number of carbonyl (C=O) groups is 1. The van der Waals surface area contributed by atoms with Crippen LogP contribution in [0.25, 0.3) is 11.4 Å². The minimum absolute atomic E-state index is 0.271. The van der Waals surface area contributed by atoms with E-state index in [1.54, 1.807) is 6.07 Å². The third-order valence-corrected chi connectivity index (χ3v) is 6.10. The van der Waals surface area contributed by atoms with Gasteiger partial charge in [-0.05, 0) is 17.7 Å². The average molecular weight is 418 g/mol. The molecule has 2 aliphatic heterocycles. The molecule has 1 amide bonds. The standard InChI is InChI=1S/C24H26N4O3/c1-27-21-15-28(14-19-8-3-5-16-10-12-31-22(16)19)11-9-20(21)25-23(27)17-6-4-7-18(13-17)24(29)26-30-2/h3-8,13H,9-12,14-15H2,1-2H3,(H,26,29). The number of nitrogens with one attached hydrogen (secondary N) is 1. The largest absolute Gasteiger partial charge is 0.493 e. The van der Waals surface area contributed by atoms with Crippen LogP contribution in [0.1, 0.15) is 32.9 Å². The van der Waals surface area contributed by atoms with E-state index in [4.69, 9.17) is 14.6 Å². The molecule has 3 heterocycles. The van der Waals surface area contributed by atoms with Gasteiger partial charge in [-0.15, -0.1) is 0 Å². The summed E-state index contributed by atoms with van der Waals surface area (Å²) < 4.78 is 8.04. The van der Waals surface area contributed by atoms with Crippen LogP contribution in [0.15, 0.2) is 42.5 Å². The Morgan fingerprint density at radius 2 is 2.10 bits per heavy atom. The molecular weight excluding hydrogens is 392 g/mol. The molecule has 1 aromatic heterocycles. The van der Waals surface area contributed by atoms with Crippen LogP contribution >= 0.6 is 0 Å². The van der Waals surface area contributed by atoms with Crippen LogP contribution < -0.4 is 10.2 Å². The van der Waals surface area contributed by atoms with Crippen molar-refractivity contribution in [3.63, 3.8) is 0 Å². The lowest BCUT2D eigenvalue weighted by Gasteiger charge is -2.27. The zero-order valence-electron chi connectivity index (χ0n) is 17.9. The first-order valence-corrected chi connectivity index (χ1v) is 10.6. The Morgan fingerprint density at radius 3 is 2.97 bits per heavy atom. The highest BCUT2D eigenvalue weighted by molar-refractivity contribution is 5.94. The molecule has 0 unspecified atom stereocenters. The fourth-order valence-corrected chi connectivity index (χ4v) is 4.53. The van der Waals surface area contributed by atoms with E-state index in [-0.39, 0.29) is 5.91 Å². The Labute approximate surface area is 181 Å². The van der Waals surface area contributed by atoms with Gasteiger partial charge >= 0.3 is 0 Å². The lowest BCUT2D eigenvalue weighted by Crippen LogP contribution is -2.31. The predicted molar refractivity (Wildman–Crippen MR) is 117 cm³/mol. The predicted octanol–water partition coefficient (Wildman–Crippen LogP) is 2.87. The van der Waals surface area contributed by atoms with Crippen LogP contribution in [0.4, 0.5) is 0 Å². The van der Waals surface area contributed by atoms with Crippen molar-refractivity contribution in [3.05, 3.63) is 70.5 Å². The first kappa shape index (κ1) is 19.8. The van der Waals surface area contributed by atoms with Crippen molar-refractivity contribution < 1.29 is 14.4 Å². The van der Waals surface area contributed by atoms with E-state index in [0.717, 1.165) is 61.9 Å². The average Bonchev–Trinajstić information content (AvgIpc) is 3.40. The summed E-state index contributed by atoms with van der Waals surface area (Å²) in [4.78, 5) is 24.2. The summed E-state index contributed by atoms with van der Waals surface area (Å²) in [6.45, 7) is 3.45. The summed E-state index contributed by atoms with van der Waals surface area (Å²) >= 11 is 0. The van der Waals surface area contributed by atoms with Crippen molar-refractivity contribution in [1.29, 1.82) is 0 Å². The first-order valence-electron chi connectivity index (χ1n) is 10.6. The SMILES string of the molecule is CONC(=O)c1cccc(-c2nc3c(n2C)CN(Cc2cccc4c2OCC4)CC3)c1. The molecule has 0 aliphatic carbocycles. The van der Waals surface area contributed by atoms with Gasteiger partial charge in [0, 0.05) is 56.2 Å². The van der Waals surface area contributed by atoms with Crippen LogP contribution in [-0.4, -0.2) is 40.6 Å². The van der Waals surface area contributed by atoms with Crippen LogP contribution in [0.3, 0.4) is 0 Å². The van der Waals surface area contributed by atoms with Crippen molar-refractivity contribution in [3.8, 4) is 17.1 Å². The minimum Gasteiger partial charge on any atom is -0.493 e. The fourth-order valence-electron chi connectivity index (χ4n) is 4.53. The number of aromatic nitrogens is 2. The van der Waals surface area contributed by atoms with Crippen molar-refractivity contribution >= 4 is 5.91 Å². The van der Waals surface area contributed by atoms with Crippen molar-refractivity contribution in [2.75, 3.05) is 20.3 Å². The maximum Gasteiger partial charge on any atom is 0.274 e. The van der Waals surface area contributed by atoms with Gasteiger partial charge in [-0.1, -0.05) is 30.3 Å². The van der Waals surface area contributed by atoms with Gasteiger partial charge in [0.15, 0.2) is 0 Å². The molecule has 31 heavy (non-hydrogen) atoms. The molecule has 0 radical (unpaired) electrons. The topological polar surface area (TPSA) is 68.6 Å². The number of hydrogen-bond donors (Lipinski definition) is 1. The Hall–Kier alpha value is -3.16. The molecule has 1 N–H and O–H groups in total. The highest BCUT2D eigenvalue weighted by Gasteiger charge is 2.25. The minimum atomic E-state index is -0.271. The number of imidazole rings is 1. The van der Waals surface area contributed by atoms with Crippen molar-refractivity contribution in [2.24, 2.45) is 7.05 Å². The van der Waals surface area contributed by atoms with Crippen LogP contribution in [0, 0.1) is 0 Å². The Morgan fingerprint density at radius 1 is 1.23 bits per heavy atom. The molecule has 160 valence electrons. The van der Waals surface area contributed by atoms with Gasteiger partial charge in [0.1, 0.15) is 11.6 Å². The van der Waals surface area contributed by atoms with E-state index in [1.165, 1.54) is 23.9 Å². The zero-order valence-corrected chi connectivity index (χ0v) is 17.9. The number of rotatable bonds is 5. The second-order valence-electron chi connectivity index (χ2n) is 8.07. The van der Waals surface area contributed by atoms with E-state index in [2.05, 4.69) is 40.2 Å². The number of amides is 1. The van der Waals surface area contributed by atoms with E-state index in [1.807, 2.05) is 18.2 Å². The van der Waals surface area contributed by atoms with Gasteiger partial charge in [-0.25, -0.2) is 10.5 Å². The number of hydrogen-bond acceptors (Lipinski definition) is 5. The van der Waals surface area contributed by atoms with Gasteiger partial charge in [0.25, 0.3) is 5.91 Å². The molecule has 0 saturated carbocycles. The van der Waals surface area contributed by atoms with E-state index >= 15 is 0 Å². The maximum absolute atomic E-state index is 12.1. The Balaban J connectivity index is 1.38. The third-order valence-electron chi connectivity index (χ3n) is 6.10. The number of nitrogens with zero attached hydrogens (tertiary/aromatic N) is 3. The van der Waals surface area contributed by atoms with Crippen LogP contribution in [-0.2, 0) is 37.8 Å². The highest BCUT2D eigenvalue weighted by Crippen LogP contribution is 2.32. The lowest BCUT2D eigenvalue weighted by atomic mass is 10.1. The number of fused-ring (bicyclic) bond motifs is 2. The summed E-state index contributed by atoms with van der Waals surface area (Å²) in [5.41, 5.74) is 8.76. The molecule has 2 aliphatic rings. The quantitative estimate of drug-likeness (QED) is 0.646. The molecule has 5 rings (SSSR count). The number of hydroxylamine groups is 1. The third kappa shape index (κ3) is 3.71. The summed E-state index contributed by atoms with van der Waals surface area (Å²) in [6, 6.07) is 13.9. The molecule has 3 aromatic rings. The van der Waals surface area contributed by atoms with Gasteiger partial charge in [0.05, 0.1) is 25.1 Å². The number of carbonyl (C=O) groups excluding carboxylic acids is 1. The zero-order chi connectivity index (χ0) is 21.4. The van der Waals surface area contributed by atoms with Gasteiger partial charge in [0.2, 0.25) is 0 Å². The molecule has 0 atom stereocenters. The van der Waals surface area contributed by atoms with Crippen molar-refractivity contribution in [1.82, 2.24) is 19.9 Å². The molecule has 7 nitrogen and oxygen atoms in total. The smallest absolute Gasteiger partial charge is 0.274 e. The van der Waals surface area contributed by atoms with Gasteiger partial charge in [-0.3, -0.25) is 14.5 Å². The summed E-state index contributed by atoms with van der Waals surface area (Å²) in [5.74, 6) is 1.68. The Bertz CT molecular complexity index is 1140. The molecule has 0 saturated heterocycles. The number of para-hydroxylation sites is 1. The van der Waals surface area contributed by atoms with Crippen molar-refractivity contribution in [2.45, 2.75) is 25.9 Å². The molecule has 0 fully saturated rings. The second kappa shape index (κ2) is 8.17. The maximum atomic E-state index is 12.1. The van der Waals surface area contributed by atoms with E-state index in [9.17, 15) is 4.79 Å². The van der Waals surface area contributed by atoms with E-state index in [0.29, 0.717) is 5.56 Å². The lowest BCUT2D eigenvalue weighted by molar-refractivity contribution is 0.0537. The van der Waals surface area contributed by atoms with E-state index < -0.39 is 0 Å². The van der Waals surface area contributed by atoms with Crippen LogP contribution in [0.2, 0.25) is 0 Å². The molecule has 7 heteroatoms. The summed E-state index contributed by atoms with van der Waals surface area (Å²) in [7, 11) is 3.48. The first-order chi connectivity index (χ1) is 15.1. The Kier molecular flexibility index (Phi) is 5.21. The number of benzene rings is 2. The van der Waals surface area contributed by atoms with Crippen LogP contribution in [0.5, 0.6) is 5.75 Å². The van der Waals surface area contributed by atoms with Gasteiger partial charge in [-0.2, -0.15) is 0 Å². The fraction of sp³-hybridized carbons (Fsp3) is 0.333. The van der Waals surface area contributed by atoms with Gasteiger partial charge < -0.3 is 9.30 Å². The summed E-state index contributed by atoms with van der Waals surface area (Å²) in [6.07, 6.45) is 1.91. The molecule has 0 spiro atoms. The monoisotopic (exact) mass is 418 g/mol. The highest BCUT2D eigenvalue weighted by atomic mass is 16.6. The molecule has 2 aromatic carbocycles. The summed E-state index contributed by atoms with van der Waals surface area (Å²) in [5, 5.41) is 0. The number of ether oxygens (including phenoxy) is 1.